The highest BCUT2D eigenvalue weighted by atomic mass is 15.4. The van der Waals surface area contributed by atoms with Crippen LogP contribution in [0.15, 0.2) is 35.6 Å². The molecule has 2 heterocycles. The Balaban J connectivity index is 1.79. The second-order valence-electron chi connectivity index (χ2n) is 4.54. The molecule has 1 saturated heterocycles. The lowest BCUT2D eigenvalue weighted by Crippen LogP contribution is -2.24. The zero-order valence-corrected chi connectivity index (χ0v) is 10.3. The first-order valence-corrected chi connectivity index (χ1v) is 6.42. The van der Waals surface area contributed by atoms with Gasteiger partial charge in [-0.2, -0.15) is 5.10 Å². The number of rotatable bonds is 2. The van der Waals surface area contributed by atoms with E-state index in [1.807, 2.05) is 30.5 Å². The standard InChI is InChI=1S/C14H16N4/c1-4-8-18(9-5-1)16-11-12-10-15-13-6-2-3-7-14(13)17-12/h2-3,6-7,10-11H,1,4-5,8-9H2/b16-11-. The summed E-state index contributed by atoms with van der Waals surface area (Å²) in [5.41, 5.74) is 2.66. The second kappa shape index (κ2) is 5.12. The molecule has 0 aliphatic carbocycles. The van der Waals surface area contributed by atoms with E-state index >= 15 is 0 Å². The van der Waals surface area contributed by atoms with Gasteiger partial charge in [0.1, 0.15) is 5.69 Å². The summed E-state index contributed by atoms with van der Waals surface area (Å²) < 4.78 is 0. The quantitative estimate of drug-likeness (QED) is 0.757. The molecule has 92 valence electrons. The Labute approximate surface area is 106 Å². The lowest BCUT2D eigenvalue weighted by molar-refractivity contribution is 0.240. The van der Waals surface area contributed by atoms with Crippen LogP contribution in [0.1, 0.15) is 25.0 Å². The average Bonchev–Trinajstić information content (AvgIpc) is 2.46. The molecule has 1 aromatic heterocycles. The van der Waals surface area contributed by atoms with E-state index in [4.69, 9.17) is 0 Å². The van der Waals surface area contributed by atoms with Crippen molar-refractivity contribution >= 4 is 17.2 Å². The van der Waals surface area contributed by atoms with E-state index in [9.17, 15) is 0 Å². The molecule has 0 spiro atoms. The third-order valence-corrected chi connectivity index (χ3v) is 3.15. The van der Waals surface area contributed by atoms with Gasteiger partial charge in [-0.25, -0.2) is 4.98 Å². The zero-order chi connectivity index (χ0) is 12.2. The summed E-state index contributed by atoms with van der Waals surface area (Å²) in [7, 11) is 0. The predicted molar refractivity (Wildman–Crippen MR) is 72.6 cm³/mol. The van der Waals surface area contributed by atoms with Crippen LogP contribution < -0.4 is 0 Å². The Morgan fingerprint density at radius 2 is 1.83 bits per heavy atom. The first kappa shape index (κ1) is 11.1. The van der Waals surface area contributed by atoms with Crippen LogP contribution in [0.4, 0.5) is 0 Å². The summed E-state index contributed by atoms with van der Waals surface area (Å²) in [5, 5.41) is 6.58. The number of piperidine rings is 1. The molecule has 0 unspecified atom stereocenters. The smallest absolute Gasteiger partial charge is 0.102 e. The fourth-order valence-corrected chi connectivity index (χ4v) is 2.17. The molecular formula is C14H16N4. The van der Waals surface area contributed by atoms with Gasteiger partial charge in [-0.05, 0) is 31.4 Å². The van der Waals surface area contributed by atoms with E-state index in [1.165, 1.54) is 19.3 Å². The van der Waals surface area contributed by atoms with Gasteiger partial charge < -0.3 is 0 Å². The largest absolute Gasteiger partial charge is 0.297 e. The van der Waals surface area contributed by atoms with Gasteiger partial charge in [-0.15, -0.1) is 0 Å². The molecule has 0 bridgehead atoms. The van der Waals surface area contributed by atoms with E-state index in [-0.39, 0.29) is 0 Å². The van der Waals surface area contributed by atoms with Crippen LogP contribution in [0.5, 0.6) is 0 Å². The van der Waals surface area contributed by atoms with Crippen molar-refractivity contribution < 1.29 is 0 Å². The number of benzene rings is 1. The van der Waals surface area contributed by atoms with Crippen LogP contribution in [0, 0.1) is 0 Å². The lowest BCUT2D eigenvalue weighted by Gasteiger charge is -2.23. The van der Waals surface area contributed by atoms with Gasteiger partial charge in [0.05, 0.1) is 23.4 Å². The summed E-state index contributed by atoms with van der Waals surface area (Å²) in [6.07, 6.45) is 7.38. The Morgan fingerprint density at radius 1 is 1.06 bits per heavy atom. The number of aromatic nitrogens is 2. The van der Waals surface area contributed by atoms with Crippen LogP contribution in [0.2, 0.25) is 0 Å². The molecule has 1 fully saturated rings. The van der Waals surface area contributed by atoms with Crippen LogP contribution in [0.25, 0.3) is 11.0 Å². The normalized spacial score (nSPS) is 16.6. The summed E-state index contributed by atoms with van der Waals surface area (Å²) in [4.78, 5) is 8.89. The number of hydrazone groups is 1. The highest BCUT2D eigenvalue weighted by molar-refractivity contribution is 5.81. The molecular weight excluding hydrogens is 224 g/mol. The summed E-state index contributed by atoms with van der Waals surface area (Å²) in [5.74, 6) is 0. The fraction of sp³-hybridized carbons (Fsp3) is 0.357. The molecule has 1 aliphatic rings. The highest BCUT2D eigenvalue weighted by Gasteiger charge is 2.06. The zero-order valence-electron chi connectivity index (χ0n) is 10.3. The summed E-state index contributed by atoms with van der Waals surface area (Å²) >= 11 is 0. The number of fused-ring (bicyclic) bond motifs is 1. The van der Waals surface area contributed by atoms with Crippen molar-refractivity contribution in [3.63, 3.8) is 0 Å². The highest BCUT2D eigenvalue weighted by Crippen LogP contribution is 2.10. The second-order valence-corrected chi connectivity index (χ2v) is 4.54. The van der Waals surface area contributed by atoms with Crippen molar-refractivity contribution in [1.29, 1.82) is 0 Å². The van der Waals surface area contributed by atoms with Gasteiger partial charge >= 0.3 is 0 Å². The predicted octanol–water partition coefficient (Wildman–Crippen LogP) is 2.45. The van der Waals surface area contributed by atoms with Gasteiger partial charge in [0.25, 0.3) is 0 Å². The van der Waals surface area contributed by atoms with Crippen LogP contribution in [-0.4, -0.2) is 34.3 Å². The Bertz CT molecular complexity index is 558. The van der Waals surface area contributed by atoms with Gasteiger partial charge in [-0.1, -0.05) is 12.1 Å². The number of nitrogens with zero attached hydrogens (tertiary/aromatic N) is 4. The van der Waals surface area contributed by atoms with Crippen molar-refractivity contribution in [3.05, 3.63) is 36.2 Å². The van der Waals surface area contributed by atoms with Crippen molar-refractivity contribution in [3.8, 4) is 0 Å². The molecule has 0 radical (unpaired) electrons. The molecule has 0 amide bonds. The maximum absolute atomic E-state index is 4.52. The first-order chi connectivity index (χ1) is 8.92. The molecule has 4 nitrogen and oxygen atoms in total. The Kier molecular flexibility index (Phi) is 3.17. The minimum Gasteiger partial charge on any atom is -0.297 e. The van der Waals surface area contributed by atoms with E-state index in [2.05, 4.69) is 20.1 Å². The van der Waals surface area contributed by atoms with Crippen molar-refractivity contribution in [2.45, 2.75) is 19.3 Å². The lowest BCUT2D eigenvalue weighted by atomic mass is 10.2. The van der Waals surface area contributed by atoms with Crippen LogP contribution >= 0.6 is 0 Å². The number of hydrogen-bond acceptors (Lipinski definition) is 4. The number of para-hydroxylation sites is 2. The minimum absolute atomic E-state index is 0.819. The van der Waals surface area contributed by atoms with Crippen LogP contribution in [0.3, 0.4) is 0 Å². The molecule has 3 rings (SSSR count). The summed E-state index contributed by atoms with van der Waals surface area (Å²) in [6, 6.07) is 7.88. The number of hydrogen-bond donors (Lipinski definition) is 0. The average molecular weight is 240 g/mol. The molecule has 1 aromatic carbocycles. The molecule has 0 atom stereocenters. The molecule has 0 saturated carbocycles. The van der Waals surface area contributed by atoms with Crippen molar-refractivity contribution in [1.82, 2.24) is 15.0 Å². The Morgan fingerprint density at radius 3 is 2.67 bits per heavy atom. The minimum atomic E-state index is 0.819. The fourth-order valence-electron chi connectivity index (χ4n) is 2.17. The molecule has 1 aliphatic heterocycles. The molecule has 0 N–H and O–H groups in total. The maximum Gasteiger partial charge on any atom is 0.102 e. The molecule has 2 aromatic rings. The molecule has 4 heteroatoms. The monoisotopic (exact) mass is 240 g/mol. The van der Waals surface area contributed by atoms with E-state index in [0.717, 1.165) is 29.8 Å². The van der Waals surface area contributed by atoms with Gasteiger partial charge in [0.15, 0.2) is 0 Å². The van der Waals surface area contributed by atoms with E-state index in [1.54, 1.807) is 6.20 Å². The first-order valence-electron chi connectivity index (χ1n) is 6.42. The third-order valence-electron chi connectivity index (χ3n) is 3.15. The van der Waals surface area contributed by atoms with Crippen molar-refractivity contribution in [2.24, 2.45) is 5.10 Å². The van der Waals surface area contributed by atoms with Gasteiger partial charge in [0.2, 0.25) is 0 Å². The molecule has 18 heavy (non-hydrogen) atoms. The third kappa shape index (κ3) is 2.47. The maximum atomic E-state index is 4.52. The van der Waals surface area contributed by atoms with Crippen LogP contribution in [-0.2, 0) is 0 Å². The van der Waals surface area contributed by atoms with Gasteiger partial charge in [0, 0.05) is 13.1 Å². The SMILES string of the molecule is C(=N/N1CCCCC1)/c1cnc2ccccc2n1. The Hall–Kier alpha value is -1.97. The topological polar surface area (TPSA) is 41.4 Å². The van der Waals surface area contributed by atoms with Gasteiger partial charge in [-0.3, -0.25) is 9.99 Å². The summed E-state index contributed by atoms with van der Waals surface area (Å²) in [6.45, 7) is 2.11. The van der Waals surface area contributed by atoms with E-state index < -0.39 is 0 Å². The van der Waals surface area contributed by atoms with Crippen molar-refractivity contribution in [2.75, 3.05) is 13.1 Å². The van der Waals surface area contributed by atoms with E-state index in [0.29, 0.717) is 0 Å².